The summed E-state index contributed by atoms with van der Waals surface area (Å²) in [7, 11) is 3.85. The second-order valence-corrected chi connectivity index (χ2v) is 3.48. The molecule has 2 rings (SSSR count). The van der Waals surface area contributed by atoms with Gasteiger partial charge in [-0.3, -0.25) is 0 Å². The van der Waals surface area contributed by atoms with E-state index in [4.69, 9.17) is 0 Å². The maximum atomic E-state index is 4.45. The molecule has 0 saturated carbocycles. The van der Waals surface area contributed by atoms with Gasteiger partial charge in [0.15, 0.2) is 0 Å². The third-order valence-electron chi connectivity index (χ3n) is 2.31. The summed E-state index contributed by atoms with van der Waals surface area (Å²) < 4.78 is 0. The molecule has 0 radical (unpaired) electrons. The predicted molar refractivity (Wildman–Crippen MR) is 63.7 cm³/mol. The van der Waals surface area contributed by atoms with E-state index in [1.165, 1.54) is 0 Å². The molecular weight excluding hydrogens is 202 g/mol. The number of H-pyrrole nitrogens is 1. The van der Waals surface area contributed by atoms with Gasteiger partial charge in [-0.15, -0.1) is 0 Å². The molecule has 0 aliphatic rings. The van der Waals surface area contributed by atoms with Gasteiger partial charge in [-0.2, -0.15) is 0 Å². The number of nitrogens with zero attached hydrogens (tertiary/aromatic N) is 3. The Morgan fingerprint density at radius 3 is 3.00 bits per heavy atom. The Morgan fingerprint density at radius 2 is 2.31 bits per heavy atom. The fraction of sp³-hybridized carbons (Fsp3) is 0.273. The van der Waals surface area contributed by atoms with Gasteiger partial charge in [-0.05, 0) is 25.2 Å². The second-order valence-electron chi connectivity index (χ2n) is 3.48. The van der Waals surface area contributed by atoms with Crippen molar-refractivity contribution in [3.8, 4) is 0 Å². The van der Waals surface area contributed by atoms with E-state index in [9.17, 15) is 0 Å². The van der Waals surface area contributed by atoms with E-state index in [1.54, 1.807) is 6.20 Å². The average molecular weight is 217 g/mol. The van der Waals surface area contributed by atoms with Gasteiger partial charge >= 0.3 is 0 Å². The number of aromatic nitrogens is 3. The Kier molecular flexibility index (Phi) is 3.16. The summed E-state index contributed by atoms with van der Waals surface area (Å²) in [5, 5.41) is 3.03. The number of hydrogen-bond acceptors (Lipinski definition) is 4. The van der Waals surface area contributed by atoms with E-state index in [2.05, 4.69) is 20.3 Å². The van der Waals surface area contributed by atoms with Crippen LogP contribution in [0.3, 0.4) is 0 Å². The van der Waals surface area contributed by atoms with Gasteiger partial charge in [0.2, 0.25) is 0 Å². The summed E-state index contributed by atoms with van der Waals surface area (Å²) in [6, 6.07) is 5.85. The van der Waals surface area contributed by atoms with Crippen LogP contribution in [0.15, 0.2) is 30.6 Å². The van der Waals surface area contributed by atoms with Crippen molar-refractivity contribution in [3.63, 3.8) is 0 Å². The maximum Gasteiger partial charge on any atom is 0.144 e. The SMILES string of the molecule is CNCc1nccc(N(C)c2ccc[nH]2)n1. The van der Waals surface area contributed by atoms with Crippen molar-refractivity contribution in [2.75, 3.05) is 19.0 Å². The van der Waals surface area contributed by atoms with Crippen molar-refractivity contribution >= 4 is 11.6 Å². The highest BCUT2D eigenvalue weighted by Gasteiger charge is 2.06. The first-order valence-electron chi connectivity index (χ1n) is 5.15. The molecule has 84 valence electrons. The zero-order chi connectivity index (χ0) is 11.4. The maximum absolute atomic E-state index is 4.45. The fourth-order valence-corrected chi connectivity index (χ4v) is 1.47. The third kappa shape index (κ3) is 2.20. The molecule has 0 fully saturated rings. The highest BCUT2D eigenvalue weighted by atomic mass is 15.2. The minimum atomic E-state index is 0.673. The number of anilines is 2. The molecule has 0 saturated heterocycles. The minimum Gasteiger partial charge on any atom is -0.348 e. The number of rotatable bonds is 4. The standard InChI is InChI=1S/C11H15N5/c1-12-8-9-13-7-5-11(15-9)16(2)10-4-3-6-14-10/h3-7,12,14H,8H2,1-2H3. The van der Waals surface area contributed by atoms with Crippen LogP contribution in [0.5, 0.6) is 0 Å². The monoisotopic (exact) mass is 217 g/mol. The first-order valence-corrected chi connectivity index (χ1v) is 5.15. The van der Waals surface area contributed by atoms with Gasteiger partial charge in [0.05, 0.1) is 6.54 Å². The molecule has 0 aliphatic carbocycles. The fourth-order valence-electron chi connectivity index (χ4n) is 1.47. The molecule has 0 aromatic carbocycles. The summed E-state index contributed by atoms with van der Waals surface area (Å²) in [5.74, 6) is 2.68. The quantitative estimate of drug-likeness (QED) is 0.810. The Bertz CT molecular complexity index is 437. The van der Waals surface area contributed by atoms with Crippen LogP contribution in [0.2, 0.25) is 0 Å². The Labute approximate surface area is 94.5 Å². The molecule has 0 amide bonds. The molecule has 0 aliphatic heterocycles. The molecule has 0 bridgehead atoms. The largest absolute Gasteiger partial charge is 0.348 e. The number of aromatic amines is 1. The van der Waals surface area contributed by atoms with E-state index < -0.39 is 0 Å². The average Bonchev–Trinajstić information content (AvgIpc) is 2.82. The van der Waals surface area contributed by atoms with Crippen LogP contribution < -0.4 is 10.2 Å². The lowest BCUT2D eigenvalue weighted by Crippen LogP contribution is -2.15. The molecule has 2 N–H and O–H groups in total. The minimum absolute atomic E-state index is 0.673. The van der Waals surface area contributed by atoms with Crippen LogP contribution in [0, 0.1) is 0 Å². The molecule has 0 unspecified atom stereocenters. The Morgan fingerprint density at radius 1 is 1.44 bits per heavy atom. The van der Waals surface area contributed by atoms with Crippen molar-refractivity contribution in [2.45, 2.75) is 6.54 Å². The highest BCUT2D eigenvalue weighted by Crippen LogP contribution is 2.18. The summed E-state index contributed by atoms with van der Waals surface area (Å²) >= 11 is 0. The first-order chi connectivity index (χ1) is 7.81. The van der Waals surface area contributed by atoms with Crippen molar-refractivity contribution in [1.82, 2.24) is 20.3 Å². The molecule has 16 heavy (non-hydrogen) atoms. The zero-order valence-electron chi connectivity index (χ0n) is 9.44. The molecule has 2 aromatic rings. The topological polar surface area (TPSA) is 56.8 Å². The zero-order valence-corrected chi connectivity index (χ0v) is 9.44. The molecule has 0 spiro atoms. The molecule has 5 nitrogen and oxygen atoms in total. The lowest BCUT2D eigenvalue weighted by molar-refractivity contribution is 0.756. The van der Waals surface area contributed by atoms with E-state index in [-0.39, 0.29) is 0 Å². The van der Waals surface area contributed by atoms with Crippen LogP contribution >= 0.6 is 0 Å². The summed E-state index contributed by atoms with van der Waals surface area (Å²) in [5.41, 5.74) is 0. The van der Waals surface area contributed by atoms with E-state index in [1.807, 2.05) is 43.4 Å². The Balaban J connectivity index is 2.23. The van der Waals surface area contributed by atoms with Crippen molar-refractivity contribution in [2.24, 2.45) is 0 Å². The summed E-state index contributed by atoms with van der Waals surface area (Å²) in [6.07, 6.45) is 3.66. The van der Waals surface area contributed by atoms with Crippen molar-refractivity contribution in [3.05, 3.63) is 36.4 Å². The second kappa shape index (κ2) is 4.76. The van der Waals surface area contributed by atoms with Gasteiger partial charge < -0.3 is 15.2 Å². The third-order valence-corrected chi connectivity index (χ3v) is 2.31. The highest BCUT2D eigenvalue weighted by molar-refractivity contribution is 5.54. The van der Waals surface area contributed by atoms with Crippen LogP contribution in [0.4, 0.5) is 11.6 Å². The Hall–Kier alpha value is -1.88. The molecule has 2 heterocycles. The van der Waals surface area contributed by atoms with Crippen LogP contribution in [0.25, 0.3) is 0 Å². The van der Waals surface area contributed by atoms with E-state index >= 15 is 0 Å². The number of hydrogen-bond donors (Lipinski definition) is 2. The van der Waals surface area contributed by atoms with Crippen molar-refractivity contribution < 1.29 is 0 Å². The molecular formula is C11H15N5. The first kappa shape index (κ1) is 10.6. The van der Waals surface area contributed by atoms with Gasteiger partial charge in [-0.1, -0.05) is 0 Å². The van der Waals surface area contributed by atoms with Crippen molar-refractivity contribution in [1.29, 1.82) is 0 Å². The van der Waals surface area contributed by atoms with Crippen LogP contribution in [-0.4, -0.2) is 29.0 Å². The molecule has 5 heteroatoms. The smallest absolute Gasteiger partial charge is 0.144 e. The molecule has 2 aromatic heterocycles. The van der Waals surface area contributed by atoms with Gasteiger partial charge in [0, 0.05) is 19.4 Å². The van der Waals surface area contributed by atoms with Gasteiger partial charge in [0.25, 0.3) is 0 Å². The van der Waals surface area contributed by atoms with Crippen LogP contribution in [0.1, 0.15) is 5.82 Å². The van der Waals surface area contributed by atoms with Gasteiger partial charge in [0.1, 0.15) is 17.5 Å². The van der Waals surface area contributed by atoms with Gasteiger partial charge in [-0.25, -0.2) is 9.97 Å². The van der Waals surface area contributed by atoms with Crippen LogP contribution in [-0.2, 0) is 6.54 Å². The predicted octanol–water partition coefficient (Wildman–Crippen LogP) is 1.29. The number of nitrogens with one attached hydrogen (secondary N) is 2. The normalized spacial score (nSPS) is 10.4. The summed E-state index contributed by atoms with van der Waals surface area (Å²) in [6.45, 7) is 0.673. The lowest BCUT2D eigenvalue weighted by atomic mass is 10.4. The molecule has 0 atom stereocenters. The summed E-state index contributed by atoms with van der Waals surface area (Å²) in [4.78, 5) is 13.8. The lowest BCUT2D eigenvalue weighted by Gasteiger charge is -2.16. The van der Waals surface area contributed by atoms with E-state index in [0.29, 0.717) is 6.54 Å². The van der Waals surface area contributed by atoms with E-state index in [0.717, 1.165) is 17.5 Å².